The molecule has 3 rings (SSSR count). The Morgan fingerprint density at radius 1 is 1.23 bits per heavy atom. The summed E-state index contributed by atoms with van der Waals surface area (Å²) in [4.78, 5) is 28.4. The second kappa shape index (κ2) is 10.2. The molecule has 0 spiro atoms. The highest BCUT2D eigenvalue weighted by atomic mass is 79.9. The zero-order valence-corrected chi connectivity index (χ0v) is 19.8. The predicted octanol–water partition coefficient (Wildman–Crippen LogP) is 3.90. The van der Waals surface area contributed by atoms with Gasteiger partial charge in [-0.05, 0) is 60.8 Å². The van der Waals surface area contributed by atoms with Gasteiger partial charge in [-0.1, -0.05) is 17.4 Å². The van der Waals surface area contributed by atoms with Crippen molar-refractivity contribution in [3.8, 4) is 16.7 Å². The van der Waals surface area contributed by atoms with Crippen LogP contribution in [0, 0.1) is 0 Å². The number of fused-ring (bicyclic) bond motifs is 1. The minimum atomic E-state index is -0.667. The molecule has 0 unspecified atom stereocenters. The van der Waals surface area contributed by atoms with E-state index in [1.165, 1.54) is 11.3 Å². The Bertz CT molecular complexity index is 930. The van der Waals surface area contributed by atoms with E-state index in [2.05, 4.69) is 31.5 Å². The van der Waals surface area contributed by atoms with Gasteiger partial charge in [-0.3, -0.25) is 0 Å². The molecular weight excluding hydrogens is 490 g/mol. The van der Waals surface area contributed by atoms with Crippen LogP contribution in [0.4, 0.5) is 9.59 Å². The molecule has 0 saturated carbocycles. The summed E-state index contributed by atoms with van der Waals surface area (Å²) in [5.74, 6) is 1.34. The number of ether oxygens (including phenoxy) is 4. The summed E-state index contributed by atoms with van der Waals surface area (Å²) in [6, 6.07) is 5.14. The van der Waals surface area contributed by atoms with Crippen molar-refractivity contribution < 1.29 is 28.5 Å². The first-order valence-corrected chi connectivity index (χ1v) is 11.2. The van der Waals surface area contributed by atoms with Crippen molar-refractivity contribution in [3.05, 3.63) is 33.7 Å². The van der Waals surface area contributed by atoms with Crippen LogP contribution in [0.2, 0.25) is 0 Å². The number of hydrogen-bond acceptors (Lipinski definition) is 8. The SMILES string of the molecule is CC(C)(C)OC(=O)N[C@H](CNC(=O)Oc1ncc(Br)s1)Cc1ccc2c(c1)OCCO2. The number of amides is 2. The van der Waals surface area contributed by atoms with Crippen LogP contribution in [0.25, 0.3) is 0 Å². The number of aromatic nitrogens is 1. The molecule has 11 heteroatoms. The van der Waals surface area contributed by atoms with Gasteiger partial charge in [0.15, 0.2) is 11.5 Å². The molecular formula is C20H24BrN3O6S. The lowest BCUT2D eigenvalue weighted by molar-refractivity contribution is 0.0503. The summed E-state index contributed by atoms with van der Waals surface area (Å²) in [5.41, 5.74) is 0.264. The van der Waals surface area contributed by atoms with Gasteiger partial charge in [0.1, 0.15) is 18.8 Å². The van der Waals surface area contributed by atoms with Crippen LogP contribution in [0.3, 0.4) is 0 Å². The Morgan fingerprint density at radius 2 is 1.97 bits per heavy atom. The molecule has 0 fully saturated rings. The van der Waals surface area contributed by atoms with Crippen molar-refractivity contribution in [1.82, 2.24) is 15.6 Å². The molecule has 2 aromatic rings. The highest BCUT2D eigenvalue weighted by molar-refractivity contribution is 9.11. The molecule has 1 aliphatic rings. The summed E-state index contributed by atoms with van der Waals surface area (Å²) in [6.07, 6.45) is 0.732. The molecule has 2 N–H and O–H groups in total. The van der Waals surface area contributed by atoms with Crippen molar-refractivity contribution >= 4 is 39.5 Å². The zero-order valence-electron chi connectivity index (χ0n) is 17.4. The van der Waals surface area contributed by atoms with Crippen molar-refractivity contribution in [2.24, 2.45) is 0 Å². The lowest BCUT2D eigenvalue weighted by atomic mass is 10.0. The van der Waals surface area contributed by atoms with Crippen LogP contribution < -0.4 is 24.8 Å². The van der Waals surface area contributed by atoms with Gasteiger partial charge in [-0.15, -0.1) is 0 Å². The van der Waals surface area contributed by atoms with Gasteiger partial charge in [0.05, 0.1) is 16.0 Å². The van der Waals surface area contributed by atoms with Gasteiger partial charge in [0.25, 0.3) is 5.19 Å². The highest BCUT2D eigenvalue weighted by Crippen LogP contribution is 2.31. The van der Waals surface area contributed by atoms with Crippen molar-refractivity contribution in [3.63, 3.8) is 0 Å². The third-order valence-corrected chi connectivity index (χ3v) is 5.29. The minimum absolute atomic E-state index is 0.124. The molecule has 1 aliphatic heterocycles. The van der Waals surface area contributed by atoms with Crippen LogP contribution in [0.5, 0.6) is 16.7 Å². The Kier molecular flexibility index (Phi) is 7.60. The minimum Gasteiger partial charge on any atom is -0.486 e. The summed E-state index contributed by atoms with van der Waals surface area (Å²) in [6.45, 7) is 6.46. The fourth-order valence-electron chi connectivity index (χ4n) is 2.76. The Morgan fingerprint density at radius 3 is 2.65 bits per heavy atom. The molecule has 31 heavy (non-hydrogen) atoms. The van der Waals surface area contributed by atoms with E-state index in [1.807, 2.05) is 18.2 Å². The molecule has 2 heterocycles. The number of carbonyl (C=O) groups excluding carboxylic acids is 2. The van der Waals surface area contributed by atoms with Gasteiger partial charge in [-0.25, -0.2) is 14.6 Å². The quantitative estimate of drug-likeness (QED) is 0.602. The van der Waals surface area contributed by atoms with E-state index in [-0.39, 0.29) is 11.7 Å². The summed E-state index contributed by atoms with van der Waals surface area (Å²) >= 11 is 4.45. The van der Waals surface area contributed by atoms with Gasteiger partial charge >= 0.3 is 12.2 Å². The predicted molar refractivity (Wildman–Crippen MR) is 118 cm³/mol. The van der Waals surface area contributed by atoms with Crippen LogP contribution >= 0.6 is 27.3 Å². The maximum Gasteiger partial charge on any atom is 0.414 e. The van der Waals surface area contributed by atoms with Crippen molar-refractivity contribution in [1.29, 1.82) is 0 Å². The molecule has 0 saturated heterocycles. The van der Waals surface area contributed by atoms with E-state index in [0.717, 1.165) is 9.35 Å². The number of alkyl carbamates (subject to hydrolysis) is 1. The van der Waals surface area contributed by atoms with E-state index < -0.39 is 23.8 Å². The molecule has 9 nitrogen and oxygen atoms in total. The first-order chi connectivity index (χ1) is 14.7. The van der Waals surface area contributed by atoms with Gasteiger partial charge in [0.2, 0.25) is 0 Å². The molecule has 0 radical (unpaired) electrons. The molecule has 168 valence electrons. The average molecular weight is 514 g/mol. The van der Waals surface area contributed by atoms with E-state index >= 15 is 0 Å². The van der Waals surface area contributed by atoms with Crippen molar-refractivity contribution in [2.75, 3.05) is 19.8 Å². The maximum atomic E-state index is 12.3. The normalized spacial score (nSPS) is 13.8. The number of benzene rings is 1. The summed E-state index contributed by atoms with van der Waals surface area (Å²) in [7, 11) is 0. The van der Waals surface area contributed by atoms with Crippen LogP contribution in [-0.2, 0) is 11.2 Å². The van der Waals surface area contributed by atoms with Crippen LogP contribution in [0.15, 0.2) is 28.2 Å². The first kappa shape index (κ1) is 23.1. The number of nitrogens with one attached hydrogen (secondary N) is 2. The molecule has 1 atom stereocenters. The number of carbonyl (C=O) groups is 2. The van der Waals surface area contributed by atoms with E-state index in [0.29, 0.717) is 31.1 Å². The number of halogens is 1. The molecule has 1 aromatic heterocycles. The molecule has 2 amide bonds. The smallest absolute Gasteiger partial charge is 0.414 e. The number of rotatable bonds is 6. The summed E-state index contributed by atoms with van der Waals surface area (Å²) in [5, 5.41) is 5.67. The highest BCUT2D eigenvalue weighted by Gasteiger charge is 2.22. The first-order valence-electron chi connectivity index (χ1n) is 9.63. The van der Waals surface area contributed by atoms with E-state index in [9.17, 15) is 9.59 Å². The Balaban J connectivity index is 1.63. The van der Waals surface area contributed by atoms with Gasteiger partial charge in [0, 0.05) is 6.54 Å². The van der Waals surface area contributed by atoms with E-state index in [1.54, 1.807) is 27.0 Å². The third kappa shape index (κ3) is 7.59. The number of nitrogens with zero attached hydrogens (tertiary/aromatic N) is 1. The largest absolute Gasteiger partial charge is 0.486 e. The van der Waals surface area contributed by atoms with Crippen LogP contribution in [-0.4, -0.2) is 48.6 Å². The fraction of sp³-hybridized carbons (Fsp3) is 0.450. The number of thiazole rings is 1. The van der Waals surface area contributed by atoms with Gasteiger partial charge < -0.3 is 29.6 Å². The molecule has 0 aliphatic carbocycles. The van der Waals surface area contributed by atoms with Gasteiger partial charge in [-0.2, -0.15) is 0 Å². The Labute approximate surface area is 192 Å². The molecule has 0 bridgehead atoms. The Hall–Kier alpha value is -2.53. The second-order valence-corrected chi connectivity index (χ2v) is 10.1. The lowest BCUT2D eigenvalue weighted by Crippen LogP contribution is -2.47. The van der Waals surface area contributed by atoms with E-state index in [4.69, 9.17) is 18.9 Å². The molecule has 1 aromatic carbocycles. The number of hydrogen-bond donors (Lipinski definition) is 2. The second-order valence-electron chi connectivity index (χ2n) is 7.73. The van der Waals surface area contributed by atoms with Crippen molar-refractivity contribution in [2.45, 2.75) is 38.8 Å². The standard InChI is InChI=1S/C20H24BrN3O6S/c1-20(2,3)30-18(26)24-13(10-22-17(25)29-19-23-11-16(21)31-19)8-12-4-5-14-15(9-12)28-7-6-27-14/h4-5,9,11,13H,6-8,10H2,1-3H3,(H,22,25)(H,24,26)/t13-/m0/s1. The lowest BCUT2D eigenvalue weighted by Gasteiger charge is -2.24. The fourth-order valence-corrected chi connectivity index (χ4v) is 3.77. The van der Waals surface area contributed by atoms with Crippen LogP contribution in [0.1, 0.15) is 26.3 Å². The monoisotopic (exact) mass is 513 g/mol. The maximum absolute atomic E-state index is 12.3. The average Bonchev–Trinajstić information content (AvgIpc) is 3.09. The summed E-state index contributed by atoms with van der Waals surface area (Å²) < 4.78 is 22.4. The zero-order chi connectivity index (χ0) is 22.4. The topological polar surface area (TPSA) is 108 Å². The third-order valence-electron chi connectivity index (χ3n) is 3.94.